The minimum atomic E-state index is -0.698. The molecule has 2 N–H and O–H groups in total. The van der Waals surface area contributed by atoms with Crippen LogP contribution in [0.2, 0.25) is 0 Å². The van der Waals surface area contributed by atoms with Crippen molar-refractivity contribution in [2.75, 3.05) is 20.8 Å². The molecule has 0 radical (unpaired) electrons. The maximum absolute atomic E-state index is 12.6. The number of hydrogen-bond acceptors (Lipinski definition) is 5. The van der Waals surface area contributed by atoms with Crippen molar-refractivity contribution in [2.45, 2.75) is 57.0 Å². The van der Waals surface area contributed by atoms with Gasteiger partial charge in [-0.15, -0.1) is 0 Å². The average Bonchev–Trinajstić information content (AvgIpc) is 3.27. The summed E-state index contributed by atoms with van der Waals surface area (Å²) >= 11 is 0. The van der Waals surface area contributed by atoms with E-state index >= 15 is 0 Å². The Labute approximate surface area is 170 Å². The van der Waals surface area contributed by atoms with E-state index < -0.39 is 5.54 Å². The Balaban J connectivity index is 1.51. The van der Waals surface area contributed by atoms with Crippen molar-refractivity contribution in [3.63, 3.8) is 0 Å². The first-order valence-electron chi connectivity index (χ1n) is 10.1. The molecule has 1 heterocycles. The van der Waals surface area contributed by atoms with Gasteiger partial charge in [0.2, 0.25) is 5.91 Å². The minimum Gasteiger partial charge on any atom is -0.497 e. The zero-order valence-electron chi connectivity index (χ0n) is 17.2. The van der Waals surface area contributed by atoms with E-state index in [1.54, 1.807) is 26.4 Å². The molecule has 1 aliphatic heterocycles. The molecule has 8 heteroatoms. The van der Waals surface area contributed by atoms with Crippen molar-refractivity contribution in [1.29, 1.82) is 0 Å². The van der Waals surface area contributed by atoms with Crippen LogP contribution < -0.4 is 20.1 Å². The summed E-state index contributed by atoms with van der Waals surface area (Å²) in [5.41, 5.74) is 0.119. The molecule has 1 spiro atoms. The fraction of sp³-hybridized carbons (Fsp3) is 0.571. The Bertz CT molecular complexity index is 789. The van der Waals surface area contributed by atoms with Crippen LogP contribution in [0.1, 0.15) is 57.1 Å². The standard InChI is InChI=1S/C21H29N3O5/c1-14(16-13-15(28-2)8-9-17(16)29-3)22-18(25)7-6-12-24-19(26)21(23-20(24)27)10-4-5-11-21/h8-9,13-14H,4-7,10-12H2,1-3H3,(H,22,25)(H,23,27)/t14-/m1/s1. The van der Waals surface area contributed by atoms with Crippen LogP contribution in [0.25, 0.3) is 0 Å². The van der Waals surface area contributed by atoms with Crippen LogP contribution in [0.3, 0.4) is 0 Å². The van der Waals surface area contributed by atoms with Crippen molar-refractivity contribution < 1.29 is 23.9 Å². The van der Waals surface area contributed by atoms with E-state index in [1.807, 2.05) is 13.0 Å². The van der Waals surface area contributed by atoms with Crippen molar-refractivity contribution in [2.24, 2.45) is 0 Å². The molecule has 1 aliphatic carbocycles. The van der Waals surface area contributed by atoms with Gasteiger partial charge < -0.3 is 20.1 Å². The Kier molecular flexibility index (Phi) is 6.30. The summed E-state index contributed by atoms with van der Waals surface area (Å²) in [5.74, 6) is 1.06. The van der Waals surface area contributed by atoms with E-state index in [1.165, 1.54) is 4.90 Å². The van der Waals surface area contributed by atoms with Crippen LogP contribution >= 0.6 is 0 Å². The predicted octanol–water partition coefficient (Wildman–Crippen LogP) is 2.53. The number of nitrogens with one attached hydrogen (secondary N) is 2. The van der Waals surface area contributed by atoms with Crippen LogP contribution in [-0.4, -0.2) is 49.0 Å². The van der Waals surface area contributed by atoms with Gasteiger partial charge >= 0.3 is 6.03 Å². The maximum Gasteiger partial charge on any atom is 0.325 e. The van der Waals surface area contributed by atoms with E-state index in [2.05, 4.69) is 10.6 Å². The van der Waals surface area contributed by atoms with Gasteiger partial charge in [0.1, 0.15) is 17.0 Å². The van der Waals surface area contributed by atoms with Crippen LogP contribution in [0, 0.1) is 0 Å². The van der Waals surface area contributed by atoms with Gasteiger partial charge in [-0.2, -0.15) is 0 Å². The first-order chi connectivity index (χ1) is 13.9. The topological polar surface area (TPSA) is 97.0 Å². The third-order valence-corrected chi connectivity index (χ3v) is 5.77. The zero-order valence-corrected chi connectivity index (χ0v) is 17.2. The molecule has 0 aromatic heterocycles. The Morgan fingerprint density at radius 1 is 1.24 bits per heavy atom. The minimum absolute atomic E-state index is 0.144. The van der Waals surface area contributed by atoms with Gasteiger partial charge in [-0.3, -0.25) is 14.5 Å². The Morgan fingerprint density at radius 2 is 1.97 bits per heavy atom. The highest BCUT2D eigenvalue weighted by molar-refractivity contribution is 6.07. The Morgan fingerprint density at radius 3 is 2.62 bits per heavy atom. The van der Waals surface area contributed by atoms with Gasteiger partial charge in [0.25, 0.3) is 5.91 Å². The lowest BCUT2D eigenvalue weighted by atomic mass is 9.98. The number of imide groups is 1. The van der Waals surface area contributed by atoms with E-state index in [0.717, 1.165) is 18.4 Å². The number of carbonyl (C=O) groups is 3. The number of benzene rings is 1. The van der Waals surface area contributed by atoms with Crippen molar-refractivity contribution in [3.05, 3.63) is 23.8 Å². The number of carbonyl (C=O) groups excluding carboxylic acids is 3. The summed E-state index contributed by atoms with van der Waals surface area (Å²) in [6.45, 7) is 2.12. The first-order valence-corrected chi connectivity index (χ1v) is 10.1. The van der Waals surface area contributed by atoms with Gasteiger partial charge in [0, 0.05) is 18.5 Å². The molecule has 1 aromatic rings. The molecule has 158 valence electrons. The van der Waals surface area contributed by atoms with Crippen molar-refractivity contribution in [3.8, 4) is 11.5 Å². The van der Waals surface area contributed by atoms with Crippen LogP contribution in [-0.2, 0) is 9.59 Å². The maximum atomic E-state index is 12.6. The molecule has 0 unspecified atom stereocenters. The number of urea groups is 1. The second-order valence-corrected chi connectivity index (χ2v) is 7.68. The highest BCUT2D eigenvalue weighted by Crippen LogP contribution is 2.35. The lowest BCUT2D eigenvalue weighted by molar-refractivity contribution is -0.131. The van der Waals surface area contributed by atoms with Gasteiger partial charge in [0.05, 0.1) is 20.3 Å². The fourth-order valence-electron chi connectivity index (χ4n) is 4.16. The summed E-state index contributed by atoms with van der Waals surface area (Å²) < 4.78 is 10.6. The number of hydrogen-bond donors (Lipinski definition) is 2. The lowest BCUT2D eigenvalue weighted by Crippen LogP contribution is -2.44. The summed E-state index contributed by atoms with van der Waals surface area (Å²) in [5, 5.41) is 5.80. The molecule has 1 atom stereocenters. The highest BCUT2D eigenvalue weighted by Gasteiger charge is 2.52. The summed E-state index contributed by atoms with van der Waals surface area (Å²) in [6, 6.07) is 4.81. The summed E-state index contributed by atoms with van der Waals surface area (Å²) in [6.07, 6.45) is 3.95. The van der Waals surface area contributed by atoms with Gasteiger partial charge in [0.15, 0.2) is 0 Å². The lowest BCUT2D eigenvalue weighted by Gasteiger charge is -2.20. The monoisotopic (exact) mass is 403 g/mol. The van der Waals surface area contributed by atoms with Crippen LogP contribution in [0.15, 0.2) is 18.2 Å². The second-order valence-electron chi connectivity index (χ2n) is 7.68. The normalized spacial score (nSPS) is 18.7. The number of amides is 4. The fourth-order valence-corrected chi connectivity index (χ4v) is 4.16. The molecular formula is C21H29N3O5. The zero-order chi connectivity index (χ0) is 21.0. The van der Waals surface area contributed by atoms with Gasteiger partial charge in [-0.25, -0.2) is 4.79 Å². The van der Waals surface area contributed by atoms with Crippen molar-refractivity contribution in [1.82, 2.24) is 15.5 Å². The molecule has 2 aliphatic rings. The van der Waals surface area contributed by atoms with Gasteiger partial charge in [-0.1, -0.05) is 12.8 Å². The highest BCUT2D eigenvalue weighted by atomic mass is 16.5. The van der Waals surface area contributed by atoms with E-state index in [-0.39, 0.29) is 36.9 Å². The molecule has 1 aromatic carbocycles. The second kappa shape index (κ2) is 8.71. The van der Waals surface area contributed by atoms with Crippen molar-refractivity contribution >= 4 is 17.8 Å². The van der Waals surface area contributed by atoms with E-state index in [4.69, 9.17) is 9.47 Å². The predicted molar refractivity (Wildman–Crippen MR) is 107 cm³/mol. The Hall–Kier alpha value is -2.77. The van der Waals surface area contributed by atoms with E-state index in [0.29, 0.717) is 30.8 Å². The molecular weight excluding hydrogens is 374 g/mol. The SMILES string of the molecule is COc1ccc(OC)c([C@@H](C)NC(=O)CCCN2C(=O)NC3(CCCC3)C2=O)c1. The average molecular weight is 403 g/mol. The number of rotatable bonds is 8. The van der Waals surface area contributed by atoms with Gasteiger partial charge in [-0.05, 0) is 44.4 Å². The van der Waals surface area contributed by atoms with Crippen LogP contribution in [0.4, 0.5) is 4.79 Å². The third kappa shape index (κ3) is 4.31. The molecule has 1 saturated heterocycles. The van der Waals surface area contributed by atoms with Crippen LogP contribution in [0.5, 0.6) is 11.5 Å². The van der Waals surface area contributed by atoms with E-state index in [9.17, 15) is 14.4 Å². The quantitative estimate of drug-likeness (QED) is 0.650. The largest absolute Gasteiger partial charge is 0.497 e. The molecule has 8 nitrogen and oxygen atoms in total. The first kappa shape index (κ1) is 21.0. The number of ether oxygens (including phenoxy) is 2. The molecule has 4 amide bonds. The number of methoxy groups -OCH3 is 2. The molecule has 1 saturated carbocycles. The molecule has 0 bridgehead atoms. The summed E-state index contributed by atoms with van der Waals surface area (Å²) in [4.78, 5) is 38.4. The third-order valence-electron chi connectivity index (χ3n) is 5.77. The smallest absolute Gasteiger partial charge is 0.325 e. The molecule has 3 rings (SSSR count). The number of nitrogens with zero attached hydrogens (tertiary/aromatic N) is 1. The molecule has 2 fully saturated rings. The molecule has 29 heavy (non-hydrogen) atoms. The summed E-state index contributed by atoms with van der Waals surface area (Å²) in [7, 11) is 3.16.